The highest BCUT2D eigenvalue weighted by atomic mass is 16.7. The highest BCUT2D eigenvalue weighted by Gasteiger charge is 2.17. The second-order valence-electron chi connectivity index (χ2n) is 5.79. The van der Waals surface area contributed by atoms with Crippen molar-refractivity contribution in [3.63, 3.8) is 0 Å². The number of methoxy groups -OCH3 is 2. The Balaban J connectivity index is 0.000000466. The molecular weight excluding hydrogens is 380 g/mol. The number of carbonyl (C=O) groups excluding carboxylic acids is 1. The summed E-state index contributed by atoms with van der Waals surface area (Å²) in [5.74, 6) is 0.912. The molecule has 0 radical (unpaired) electrons. The molecule has 0 aromatic heterocycles. The van der Waals surface area contributed by atoms with Gasteiger partial charge in [0, 0.05) is 18.8 Å². The van der Waals surface area contributed by atoms with Crippen LogP contribution in [0.4, 0.5) is 0 Å². The van der Waals surface area contributed by atoms with Crippen molar-refractivity contribution in [2.45, 2.75) is 40.1 Å². The van der Waals surface area contributed by atoms with E-state index in [1.807, 2.05) is 20.8 Å². The van der Waals surface area contributed by atoms with Crippen LogP contribution in [-0.4, -0.2) is 71.5 Å². The lowest BCUT2D eigenvalue weighted by atomic mass is 10.0. The fraction of sp³-hybridized carbons (Fsp3) is 0.667. The molecule has 8 heteroatoms. The molecule has 1 fully saturated rings. The normalized spacial score (nSPS) is 14.1. The molecule has 8 nitrogen and oxygen atoms in total. The molecule has 29 heavy (non-hydrogen) atoms. The topological polar surface area (TPSA) is 92.7 Å². The van der Waals surface area contributed by atoms with Crippen molar-refractivity contribution in [2.24, 2.45) is 0 Å². The summed E-state index contributed by atoms with van der Waals surface area (Å²) < 4.78 is 30.1. The summed E-state index contributed by atoms with van der Waals surface area (Å²) in [7, 11) is 2.96. The van der Waals surface area contributed by atoms with Gasteiger partial charge in [-0.15, -0.1) is 0 Å². The van der Waals surface area contributed by atoms with Crippen LogP contribution in [0, 0.1) is 0 Å². The lowest BCUT2D eigenvalue weighted by Gasteiger charge is -2.15. The zero-order chi connectivity index (χ0) is 22.1. The van der Waals surface area contributed by atoms with Gasteiger partial charge in [0.05, 0.1) is 52.3 Å². The third-order valence-corrected chi connectivity index (χ3v) is 3.73. The zero-order valence-electron chi connectivity index (χ0n) is 18.4. The molecule has 1 heterocycles. The maximum Gasteiger partial charge on any atom is 0.154 e. The van der Waals surface area contributed by atoms with Crippen molar-refractivity contribution in [1.82, 2.24) is 0 Å². The number of hydrogen-bond donors (Lipinski definition) is 1. The first-order valence-electron chi connectivity index (χ1n) is 9.73. The minimum Gasteiger partial charge on any atom is -0.496 e. The third kappa shape index (κ3) is 11.2. The number of hydrogen-bond acceptors (Lipinski definition) is 8. The maximum absolute atomic E-state index is 10.9. The van der Waals surface area contributed by atoms with Crippen molar-refractivity contribution >= 4 is 6.29 Å². The molecule has 168 valence electrons. The average molecular weight is 417 g/mol. The first-order valence-corrected chi connectivity index (χ1v) is 9.73. The summed E-state index contributed by atoms with van der Waals surface area (Å²) in [6.07, 6.45) is -0.163. The fourth-order valence-electron chi connectivity index (χ4n) is 2.46. The van der Waals surface area contributed by atoms with E-state index >= 15 is 0 Å². The van der Waals surface area contributed by atoms with Gasteiger partial charge in [-0.25, -0.2) is 0 Å². The van der Waals surface area contributed by atoms with Crippen LogP contribution in [0.25, 0.3) is 0 Å². The number of carbonyl (C=O) groups is 1. The smallest absolute Gasteiger partial charge is 0.154 e. The van der Waals surface area contributed by atoms with Crippen molar-refractivity contribution in [3.8, 4) is 11.5 Å². The van der Waals surface area contributed by atoms with Gasteiger partial charge in [-0.1, -0.05) is 0 Å². The van der Waals surface area contributed by atoms with Crippen molar-refractivity contribution in [1.29, 1.82) is 0 Å². The van der Waals surface area contributed by atoms with E-state index in [2.05, 4.69) is 0 Å². The quantitative estimate of drug-likeness (QED) is 0.511. The van der Waals surface area contributed by atoms with E-state index in [-0.39, 0.29) is 6.29 Å². The minimum absolute atomic E-state index is 0.0370. The van der Waals surface area contributed by atoms with Crippen LogP contribution >= 0.6 is 0 Å². The predicted octanol–water partition coefficient (Wildman–Crippen LogP) is 3.01. The summed E-state index contributed by atoms with van der Waals surface area (Å²) in [5.41, 5.74) is 0.777. The van der Waals surface area contributed by atoms with E-state index in [4.69, 9.17) is 28.4 Å². The molecule has 1 N–H and O–H groups in total. The van der Waals surface area contributed by atoms with Crippen LogP contribution in [0.15, 0.2) is 12.1 Å². The van der Waals surface area contributed by atoms with Gasteiger partial charge in [0.25, 0.3) is 0 Å². The van der Waals surface area contributed by atoms with Gasteiger partial charge in [-0.05, 0) is 39.8 Å². The molecule has 1 atom stereocenters. The third-order valence-electron chi connectivity index (χ3n) is 3.73. The standard InChI is InChI=1S/C11H14O4.C6H14O2.C4H8O2/c1-7(13)11-8(6-12)9(14-2)4-5-10(11)15-3;1-4-7-6(3)8-5-2;1-2-6-4-3-5-1/h4-7,13H,1-3H3;6H,4-5H2,1-3H3;1-4H2. The summed E-state index contributed by atoms with van der Waals surface area (Å²) >= 11 is 0. The molecule has 0 amide bonds. The Morgan fingerprint density at radius 3 is 1.72 bits per heavy atom. The molecule has 1 saturated heterocycles. The number of rotatable bonds is 8. The molecule has 1 unspecified atom stereocenters. The number of aliphatic hydroxyl groups is 1. The summed E-state index contributed by atoms with van der Waals surface area (Å²) in [6.45, 7) is 11.9. The van der Waals surface area contributed by atoms with Crippen LogP contribution in [0.5, 0.6) is 11.5 Å². The minimum atomic E-state index is -0.782. The van der Waals surface area contributed by atoms with Gasteiger partial charge in [0.2, 0.25) is 0 Å². The largest absolute Gasteiger partial charge is 0.496 e. The van der Waals surface area contributed by atoms with Gasteiger partial charge in [-0.3, -0.25) is 4.79 Å². The number of ether oxygens (including phenoxy) is 6. The zero-order valence-corrected chi connectivity index (χ0v) is 18.4. The lowest BCUT2D eigenvalue weighted by molar-refractivity contribution is -0.123. The van der Waals surface area contributed by atoms with Crippen LogP contribution < -0.4 is 9.47 Å². The Morgan fingerprint density at radius 2 is 1.41 bits per heavy atom. The van der Waals surface area contributed by atoms with Crippen molar-refractivity contribution in [2.75, 3.05) is 53.9 Å². The molecule has 1 aliphatic rings. The summed E-state index contributed by atoms with van der Waals surface area (Å²) in [4.78, 5) is 10.9. The van der Waals surface area contributed by atoms with E-state index in [1.54, 1.807) is 19.1 Å². The highest BCUT2D eigenvalue weighted by Crippen LogP contribution is 2.33. The monoisotopic (exact) mass is 416 g/mol. The van der Waals surface area contributed by atoms with E-state index < -0.39 is 6.10 Å². The fourth-order valence-corrected chi connectivity index (χ4v) is 2.46. The molecule has 1 aliphatic heterocycles. The molecule has 0 saturated carbocycles. The number of benzene rings is 1. The second kappa shape index (κ2) is 17.2. The first-order chi connectivity index (χ1) is 14.0. The first kappa shape index (κ1) is 27.3. The SMILES string of the molecule is C1COCCO1.CCOC(C)OCC.COc1ccc(OC)c(C(C)O)c1C=O. The molecule has 0 aliphatic carbocycles. The Morgan fingerprint density at radius 1 is 0.966 bits per heavy atom. The second-order valence-corrected chi connectivity index (χ2v) is 5.79. The maximum atomic E-state index is 10.9. The van der Waals surface area contributed by atoms with Crippen LogP contribution in [0.3, 0.4) is 0 Å². The molecule has 1 aromatic carbocycles. The van der Waals surface area contributed by atoms with E-state index in [0.29, 0.717) is 28.9 Å². The number of aldehydes is 1. The predicted molar refractivity (Wildman–Crippen MR) is 110 cm³/mol. The molecule has 0 bridgehead atoms. The molecular formula is C21H36O8. The Kier molecular flexibility index (Phi) is 16.2. The summed E-state index contributed by atoms with van der Waals surface area (Å²) in [5, 5.41) is 9.57. The average Bonchev–Trinajstić information content (AvgIpc) is 2.75. The van der Waals surface area contributed by atoms with Gasteiger partial charge >= 0.3 is 0 Å². The Bertz CT molecular complexity index is 526. The van der Waals surface area contributed by atoms with E-state index in [0.717, 1.165) is 39.6 Å². The summed E-state index contributed by atoms with van der Waals surface area (Å²) in [6, 6.07) is 3.29. The van der Waals surface area contributed by atoms with Gasteiger partial charge in [0.1, 0.15) is 11.5 Å². The van der Waals surface area contributed by atoms with Crippen molar-refractivity contribution < 1.29 is 38.3 Å². The number of aliphatic hydroxyl groups excluding tert-OH is 1. The van der Waals surface area contributed by atoms with E-state index in [9.17, 15) is 9.90 Å². The van der Waals surface area contributed by atoms with Gasteiger partial charge in [0.15, 0.2) is 12.6 Å². The van der Waals surface area contributed by atoms with Crippen LogP contribution in [0.1, 0.15) is 49.7 Å². The van der Waals surface area contributed by atoms with Gasteiger partial charge in [-0.2, -0.15) is 0 Å². The van der Waals surface area contributed by atoms with Crippen LogP contribution in [-0.2, 0) is 18.9 Å². The molecule has 1 aromatic rings. The Hall–Kier alpha value is -1.71. The van der Waals surface area contributed by atoms with Crippen LogP contribution in [0.2, 0.25) is 0 Å². The lowest BCUT2D eigenvalue weighted by Crippen LogP contribution is -2.16. The molecule has 2 rings (SSSR count). The van der Waals surface area contributed by atoms with Crippen molar-refractivity contribution in [3.05, 3.63) is 23.3 Å². The van der Waals surface area contributed by atoms with Gasteiger partial charge < -0.3 is 33.5 Å². The van der Waals surface area contributed by atoms with E-state index in [1.165, 1.54) is 14.2 Å². The molecule has 0 spiro atoms. The highest BCUT2D eigenvalue weighted by molar-refractivity contribution is 5.83. The Labute approximate surface area is 174 Å².